The van der Waals surface area contributed by atoms with E-state index in [0.29, 0.717) is 0 Å². The lowest BCUT2D eigenvalue weighted by atomic mass is 10.5. The molecular weight excluding hydrogens is 254 g/mol. The highest BCUT2D eigenvalue weighted by molar-refractivity contribution is 9.10. The maximum atomic E-state index is 4.24. The number of hydrogen-bond donors (Lipinski definition) is 1. The SMILES string of the molecule is SCCCSc1ncccc1Br. The van der Waals surface area contributed by atoms with Crippen molar-refractivity contribution in [2.24, 2.45) is 0 Å². The Kier molecular flexibility index (Phi) is 5.11. The van der Waals surface area contributed by atoms with Gasteiger partial charge in [0.05, 0.1) is 0 Å². The smallest absolute Gasteiger partial charge is 0.110 e. The average molecular weight is 264 g/mol. The molecule has 1 aromatic heterocycles. The van der Waals surface area contributed by atoms with Crippen molar-refractivity contribution in [2.75, 3.05) is 11.5 Å². The number of rotatable bonds is 4. The normalized spacial score (nSPS) is 10.2. The summed E-state index contributed by atoms with van der Waals surface area (Å²) in [4.78, 5) is 4.24. The van der Waals surface area contributed by atoms with Crippen molar-refractivity contribution in [3.05, 3.63) is 22.8 Å². The molecule has 0 radical (unpaired) electrons. The molecule has 0 bridgehead atoms. The molecule has 0 saturated carbocycles. The Morgan fingerprint density at radius 1 is 1.58 bits per heavy atom. The van der Waals surface area contributed by atoms with Crippen molar-refractivity contribution in [1.82, 2.24) is 4.98 Å². The number of thioether (sulfide) groups is 1. The lowest BCUT2D eigenvalue weighted by Crippen LogP contribution is -1.84. The molecule has 1 heterocycles. The highest BCUT2D eigenvalue weighted by Crippen LogP contribution is 2.24. The van der Waals surface area contributed by atoms with Gasteiger partial charge in [0.1, 0.15) is 5.03 Å². The monoisotopic (exact) mass is 263 g/mol. The highest BCUT2D eigenvalue weighted by Gasteiger charge is 1.99. The first-order chi connectivity index (χ1) is 5.84. The number of pyridine rings is 1. The molecule has 4 heteroatoms. The number of thiol groups is 1. The molecule has 0 saturated heterocycles. The van der Waals surface area contributed by atoms with Gasteiger partial charge in [0.25, 0.3) is 0 Å². The van der Waals surface area contributed by atoms with E-state index in [1.807, 2.05) is 18.3 Å². The van der Waals surface area contributed by atoms with Crippen LogP contribution in [0.5, 0.6) is 0 Å². The van der Waals surface area contributed by atoms with E-state index in [0.717, 1.165) is 27.4 Å². The average Bonchev–Trinajstić information content (AvgIpc) is 2.09. The van der Waals surface area contributed by atoms with Gasteiger partial charge in [0.15, 0.2) is 0 Å². The molecule has 0 amide bonds. The molecule has 0 aromatic carbocycles. The van der Waals surface area contributed by atoms with Crippen LogP contribution in [0.3, 0.4) is 0 Å². The lowest BCUT2D eigenvalue weighted by molar-refractivity contribution is 1.08. The standard InChI is InChI=1S/C8H10BrNS2/c9-7-3-1-4-10-8(7)12-6-2-5-11/h1,3-4,11H,2,5-6H2. The summed E-state index contributed by atoms with van der Waals surface area (Å²) in [6.07, 6.45) is 2.94. The van der Waals surface area contributed by atoms with Crippen molar-refractivity contribution in [3.63, 3.8) is 0 Å². The van der Waals surface area contributed by atoms with E-state index in [1.54, 1.807) is 11.8 Å². The fourth-order valence-corrected chi connectivity index (χ4v) is 2.50. The Bertz CT molecular complexity index is 242. The van der Waals surface area contributed by atoms with Crippen LogP contribution in [-0.4, -0.2) is 16.5 Å². The molecule has 0 aliphatic rings. The summed E-state index contributed by atoms with van der Waals surface area (Å²) in [5.41, 5.74) is 0. The molecule has 0 aliphatic carbocycles. The van der Waals surface area contributed by atoms with Crippen molar-refractivity contribution < 1.29 is 0 Å². The van der Waals surface area contributed by atoms with E-state index >= 15 is 0 Å². The van der Waals surface area contributed by atoms with Crippen LogP contribution in [0.25, 0.3) is 0 Å². The highest BCUT2D eigenvalue weighted by atomic mass is 79.9. The lowest BCUT2D eigenvalue weighted by Gasteiger charge is -2.00. The third kappa shape index (κ3) is 3.37. The van der Waals surface area contributed by atoms with E-state index in [1.165, 1.54) is 0 Å². The molecule has 1 aromatic rings. The molecule has 0 spiro atoms. The first-order valence-electron chi connectivity index (χ1n) is 3.69. The van der Waals surface area contributed by atoms with Gasteiger partial charge in [-0.05, 0) is 40.2 Å². The molecule has 1 nitrogen and oxygen atoms in total. The Morgan fingerprint density at radius 2 is 2.42 bits per heavy atom. The Labute approximate surface area is 90.9 Å². The molecular formula is C8H10BrNS2. The molecule has 0 aliphatic heterocycles. The Balaban J connectivity index is 2.46. The topological polar surface area (TPSA) is 12.9 Å². The van der Waals surface area contributed by atoms with Crippen LogP contribution < -0.4 is 0 Å². The quantitative estimate of drug-likeness (QED) is 0.509. The van der Waals surface area contributed by atoms with Gasteiger partial charge in [0, 0.05) is 16.4 Å². The zero-order chi connectivity index (χ0) is 8.81. The maximum Gasteiger partial charge on any atom is 0.110 e. The van der Waals surface area contributed by atoms with Crippen molar-refractivity contribution in [3.8, 4) is 0 Å². The number of hydrogen-bond acceptors (Lipinski definition) is 3. The minimum Gasteiger partial charge on any atom is -0.249 e. The van der Waals surface area contributed by atoms with Crippen LogP contribution >= 0.6 is 40.3 Å². The van der Waals surface area contributed by atoms with Gasteiger partial charge in [-0.1, -0.05) is 0 Å². The van der Waals surface area contributed by atoms with Gasteiger partial charge < -0.3 is 0 Å². The van der Waals surface area contributed by atoms with E-state index in [2.05, 4.69) is 33.5 Å². The summed E-state index contributed by atoms with van der Waals surface area (Å²) in [7, 11) is 0. The zero-order valence-electron chi connectivity index (χ0n) is 6.53. The second kappa shape index (κ2) is 5.89. The minimum absolute atomic E-state index is 0.942. The van der Waals surface area contributed by atoms with Crippen molar-refractivity contribution in [1.29, 1.82) is 0 Å². The molecule has 1 rings (SSSR count). The van der Waals surface area contributed by atoms with Gasteiger partial charge in [-0.25, -0.2) is 4.98 Å². The van der Waals surface area contributed by atoms with Gasteiger partial charge in [-0.15, -0.1) is 11.8 Å². The maximum absolute atomic E-state index is 4.24. The summed E-state index contributed by atoms with van der Waals surface area (Å²) >= 11 is 9.36. The largest absolute Gasteiger partial charge is 0.249 e. The van der Waals surface area contributed by atoms with Crippen LogP contribution in [0, 0.1) is 0 Å². The second-order valence-electron chi connectivity index (χ2n) is 2.22. The predicted molar refractivity (Wildman–Crippen MR) is 61.1 cm³/mol. The van der Waals surface area contributed by atoms with Gasteiger partial charge in [-0.3, -0.25) is 0 Å². The van der Waals surface area contributed by atoms with E-state index in [4.69, 9.17) is 0 Å². The fourth-order valence-electron chi connectivity index (χ4n) is 0.711. The molecule has 0 unspecified atom stereocenters. The van der Waals surface area contributed by atoms with Crippen LogP contribution in [0.2, 0.25) is 0 Å². The van der Waals surface area contributed by atoms with Crippen molar-refractivity contribution in [2.45, 2.75) is 11.4 Å². The molecule has 0 atom stereocenters. The number of aromatic nitrogens is 1. The third-order valence-corrected chi connectivity index (χ3v) is 3.58. The van der Waals surface area contributed by atoms with Gasteiger partial charge in [0.2, 0.25) is 0 Å². The third-order valence-electron chi connectivity index (χ3n) is 1.27. The van der Waals surface area contributed by atoms with E-state index in [-0.39, 0.29) is 0 Å². The summed E-state index contributed by atoms with van der Waals surface area (Å²) in [5, 5.41) is 1.07. The summed E-state index contributed by atoms with van der Waals surface area (Å²) in [6, 6.07) is 3.93. The first-order valence-corrected chi connectivity index (χ1v) is 6.10. The fraction of sp³-hybridized carbons (Fsp3) is 0.375. The zero-order valence-corrected chi connectivity index (χ0v) is 9.83. The second-order valence-corrected chi connectivity index (χ2v) is 4.60. The molecule has 66 valence electrons. The van der Waals surface area contributed by atoms with Crippen molar-refractivity contribution >= 4 is 40.3 Å². The van der Waals surface area contributed by atoms with Crippen LogP contribution in [0.1, 0.15) is 6.42 Å². The van der Waals surface area contributed by atoms with E-state index in [9.17, 15) is 0 Å². The predicted octanol–water partition coefficient (Wildman–Crippen LogP) is 3.26. The summed E-state index contributed by atoms with van der Waals surface area (Å²) < 4.78 is 1.08. The summed E-state index contributed by atoms with van der Waals surface area (Å²) in [5.74, 6) is 2.02. The Hall–Kier alpha value is 0.330. The number of nitrogens with zero attached hydrogens (tertiary/aromatic N) is 1. The summed E-state index contributed by atoms with van der Waals surface area (Å²) in [6.45, 7) is 0. The van der Waals surface area contributed by atoms with Gasteiger partial charge in [-0.2, -0.15) is 12.6 Å². The van der Waals surface area contributed by atoms with Crippen LogP contribution in [0.15, 0.2) is 27.8 Å². The Morgan fingerprint density at radius 3 is 3.08 bits per heavy atom. The van der Waals surface area contributed by atoms with Crippen LogP contribution in [-0.2, 0) is 0 Å². The first kappa shape index (κ1) is 10.4. The minimum atomic E-state index is 0.942. The van der Waals surface area contributed by atoms with Crippen LogP contribution in [0.4, 0.5) is 0 Å². The molecule has 0 fully saturated rings. The van der Waals surface area contributed by atoms with E-state index < -0.39 is 0 Å². The molecule has 12 heavy (non-hydrogen) atoms. The number of halogens is 1. The molecule has 0 N–H and O–H groups in total. The van der Waals surface area contributed by atoms with Gasteiger partial charge >= 0.3 is 0 Å².